The fraction of sp³-hybridized carbons (Fsp3) is 0.500. The number of nitrogens with one attached hydrogen (secondary N) is 2. The summed E-state index contributed by atoms with van der Waals surface area (Å²) in [6.07, 6.45) is 2.51. The van der Waals surface area contributed by atoms with Crippen molar-refractivity contribution in [1.82, 2.24) is 15.6 Å². The molecule has 1 aromatic heterocycles. The number of nitrogens with zero attached hydrogens (tertiary/aromatic N) is 1. The van der Waals surface area contributed by atoms with Crippen molar-refractivity contribution in [3.8, 4) is 0 Å². The van der Waals surface area contributed by atoms with Gasteiger partial charge in [0, 0.05) is 19.3 Å². The third-order valence-electron chi connectivity index (χ3n) is 2.48. The minimum Gasteiger partial charge on any atom is -0.393 e. The average molecular weight is 272 g/mol. The highest BCUT2D eigenvalue weighted by atomic mass is 35.5. The zero-order chi connectivity index (χ0) is 13.4. The first-order chi connectivity index (χ1) is 8.61. The van der Waals surface area contributed by atoms with Crippen molar-refractivity contribution < 1.29 is 9.90 Å². The minimum atomic E-state index is -0.356. The lowest BCUT2D eigenvalue weighted by molar-refractivity contribution is 0.160. The molecular formula is C12H18ClN3O2. The van der Waals surface area contributed by atoms with Crippen molar-refractivity contribution in [3.63, 3.8) is 0 Å². The van der Waals surface area contributed by atoms with Crippen LogP contribution in [0.5, 0.6) is 0 Å². The second kappa shape index (κ2) is 7.89. The Hall–Kier alpha value is -1.33. The smallest absolute Gasteiger partial charge is 0.315 e. The number of urea groups is 1. The van der Waals surface area contributed by atoms with Crippen LogP contribution < -0.4 is 10.6 Å². The molecule has 0 bridgehead atoms. The largest absolute Gasteiger partial charge is 0.393 e. The molecule has 1 unspecified atom stereocenters. The third-order valence-corrected chi connectivity index (χ3v) is 2.70. The lowest BCUT2D eigenvalue weighted by atomic mass is 10.2. The van der Waals surface area contributed by atoms with Crippen LogP contribution in [0, 0.1) is 0 Å². The number of aliphatic hydroxyl groups excluding tert-OH is 1. The van der Waals surface area contributed by atoms with Gasteiger partial charge in [-0.2, -0.15) is 0 Å². The number of aliphatic hydroxyl groups is 1. The number of amides is 2. The van der Waals surface area contributed by atoms with Gasteiger partial charge < -0.3 is 15.7 Å². The molecule has 0 radical (unpaired) electrons. The minimum absolute atomic E-state index is 0.256. The zero-order valence-electron chi connectivity index (χ0n) is 10.3. The number of hydrogen-bond acceptors (Lipinski definition) is 3. The number of aromatic nitrogens is 1. The molecule has 5 nitrogen and oxygen atoms in total. The predicted molar refractivity (Wildman–Crippen MR) is 70.4 cm³/mol. The van der Waals surface area contributed by atoms with Gasteiger partial charge in [-0.05, 0) is 24.5 Å². The molecule has 100 valence electrons. The molecule has 0 aliphatic rings. The second-order valence-electron chi connectivity index (χ2n) is 3.95. The summed E-state index contributed by atoms with van der Waals surface area (Å²) >= 11 is 5.65. The van der Waals surface area contributed by atoms with E-state index in [0.29, 0.717) is 31.1 Å². The maximum absolute atomic E-state index is 11.4. The molecule has 3 N–H and O–H groups in total. The molecule has 0 saturated heterocycles. The van der Waals surface area contributed by atoms with Crippen LogP contribution in [0.2, 0.25) is 5.15 Å². The van der Waals surface area contributed by atoms with E-state index in [1.54, 1.807) is 18.3 Å². The average Bonchev–Trinajstić information content (AvgIpc) is 2.38. The molecular weight excluding hydrogens is 254 g/mol. The number of rotatable bonds is 6. The number of halogens is 1. The van der Waals surface area contributed by atoms with Gasteiger partial charge in [-0.3, -0.25) is 0 Å². The summed E-state index contributed by atoms with van der Waals surface area (Å²) in [6.45, 7) is 2.75. The van der Waals surface area contributed by atoms with Crippen molar-refractivity contribution in [2.24, 2.45) is 0 Å². The number of hydrogen-bond donors (Lipinski definition) is 3. The Labute approximate surface area is 112 Å². The van der Waals surface area contributed by atoms with Crippen molar-refractivity contribution in [2.45, 2.75) is 32.4 Å². The second-order valence-corrected chi connectivity index (χ2v) is 4.34. The fourth-order valence-electron chi connectivity index (χ4n) is 1.31. The van der Waals surface area contributed by atoms with E-state index >= 15 is 0 Å². The highest BCUT2D eigenvalue weighted by molar-refractivity contribution is 6.29. The Morgan fingerprint density at radius 3 is 2.89 bits per heavy atom. The first kappa shape index (κ1) is 14.7. The van der Waals surface area contributed by atoms with Gasteiger partial charge in [0.1, 0.15) is 5.15 Å². The number of pyridine rings is 1. The van der Waals surface area contributed by atoms with E-state index in [-0.39, 0.29) is 12.1 Å². The zero-order valence-corrected chi connectivity index (χ0v) is 11.1. The number of carbonyl (C=O) groups is 1. The van der Waals surface area contributed by atoms with Crippen molar-refractivity contribution in [1.29, 1.82) is 0 Å². The summed E-state index contributed by atoms with van der Waals surface area (Å²) in [6, 6.07) is 3.22. The summed E-state index contributed by atoms with van der Waals surface area (Å²) in [5.41, 5.74) is 0.878. The standard InChI is InChI=1S/C12H18ClN3O2/c1-2-10(17)5-6-14-12(18)16-8-9-3-4-11(13)15-7-9/h3-4,7,10,17H,2,5-6,8H2,1H3,(H2,14,16,18). The third kappa shape index (κ3) is 5.84. The summed E-state index contributed by atoms with van der Waals surface area (Å²) in [4.78, 5) is 15.3. The number of carbonyl (C=O) groups excluding carboxylic acids is 1. The van der Waals surface area contributed by atoms with E-state index in [2.05, 4.69) is 15.6 Å². The molecule has 1 heterocycles. The van der Waals surface area contributed by atoms with Crippen LogP contribution in [-0.4, -0.2) is 28.8 Å². The topological polar surface area (TPSA) is 74.2 Å². The van der Waals surface area contributed by atoms with Gasteiger partial charge in [0.2, 0.25) is 0 Å². The van der Waals surface area contributed by atoms with Crippen molar-refractivity contribution >= 4 is 17.6 Å². The summed E-state index contributed by atoms with van der Waals surface area (Å²) < 4.78 is 0. The Bertz CT molecular complexity index is 370. The lowest BCUT2D eigenvalue weighted by Crippen LogP contribution is -2.36. The maximum Gasteiger partial charge on any atom is 0.315 e. The summed E-state index contributed by atoms with van der Waals surface area (Å²) in [5.74, 6) is 0. The molecule has 0 fully saturated rings. The van der Waals surface area contributed by atoms with Crippen molar-refractivity contribution in [3.05, 3.63) is 29.0 Å². The van der Waals surface area contributed by atoms with E-state index in [0.717, 1.165) is 5.56 Å². The lowest BCUT2D eigenvalue weighted by Gasteiger charge is -2.10. The van der Waals surface area contributed by atoms with Gasteiger partial charge in [-0.25, -0.2) is 9.78 Å². The Balaban J connectivity index is 2.19. The molecule has 1 atom stereocenters. The molecule has 0 saturated carbocycles. The molecule has 0 aliphatic heterocycles. The normalized spacial score (nSPS) is 11.9. The highest BCUT2D eigenvalue weighted by Crippen LogP contribution is 2.04. The summed E-state index contributed by atoms with van der Waals surface area (Å²) in [5, 5.41) is 15.1. The van der Waals surface area contributed by atoms with Gasteiger partial charge >= 0.3 is 6.03 Å². The fourth-order valence-corrected chi connectivity index (χ4v) is 1.42. The molecule has 2 amide bonds. The van der Waals surface area contributed by atoms with Crippen LogP contribution in [0.25, 0.3) is 0 Å². The van der Waals surface area contributed by atoms with Gasteiger partial charge in [0.25, 0.3) is 0 Å². The predicted octanol–water partition coefficient (Wildman–Crippen LogP) is 1.70. The molecule has 0 aromatic carbocycles. The summed E-state index contributed by atoms with van der Waals surface area (Å²) in [7, 11) is 0. The highest BCUT2D eigenvalue weighted by Gasteiger charge is 2.03. The maximum atomic E-state index is 11.4. The van der Waals surface area contributed by atoms with Crippen LogP contribution in [0.4, 0.5) is 4.79 Å². The SMILES string of the molecule is CCC(O)CCNC(=O)NCc1ccc(Cl)nc1. The molecule has 18 heavy (non-hydrogen) atoms. The van der Waals surface area contributed by atoms with Crippen LogP contribution >= 0.6 is 11.6 Å². The van der Waals surface area contributed by atoms with Crippen molar-refractivity contribution in [2.75, 3.05) is 6.54 Å². The Kier molecular flexibility index (Phi) is 6.46. The first-order valence-corrected chi connectivity index (χ1v) is 6.29. The van der Waals surface area contributed by atoms with Gasteiger partial charge in [-0.1, -0.05) is 24.6 Å². The molecule has 0 spiro atoms. The van der Waals surface area contributed by atoms with Crippen LogP contribution in [0.3, 0.4) is 0 Å². The Morgan fingerprint density at radius 1 is 1.50 bits per heavy atom. The van der Waals surface area contributed by atoms with Gasteiger partial charge in [0.05, 0.1) is 6.10 Å². The molecule has 1 aromatic rings. The van der Waals surface area contributed by atoms with E-state index in [4.69, 9.17) is 11.6 Å². The molecule has 6 heteroatoms. The quantitative estimate of drug-likeness (QED) is 0.690. The van der Waals surface area contributed by atoms with Gasteiger partial charge in [0.15, 0.2) is 0 Å². The Morgan fingerprint density at radius 2 is 2.28 bits per heavy atom. The van der Waals surface area contributed by atoms with Gasteiger partial charge in [-0.15, -0.1) is 0 Å². The van der Waals surface area contributed by atoms with Crippen LogP contribution in [0.15, 0.2) is 18.3 Å². The van der Waals surface area contributed by atoms with E-state index in [1.807, 2.05) is 6.92 Å². The molecule has 0 aliphatic carbocycles. The first-order valence-electron chi connectivity index (χ1n) is 5.92. The van der Waals surface area contributed by atoms with E-state index < -0.39 is 0 Å². The monoisotopic (exact) mass is 271 g/mol. The van der Waals surface area contributed by atoms with E-state index in [9.17, 15) is 9.90 Å². The molecule has 1 rings (SSSR count). The van der Waals surface area contributed by atoms with Crippen LogP contribution in [-0.2, 0) is 6.54 Å². The van der Waals surface area contributed by atoms with E-state index in [1.165, 1.54) is 0 Å². The van der Waals surface area contributed by atoms with Crippen LogP contribution in [0.1, 0.15) is 25.3 Å².